The van der Waals surface area contributed by atoms with Crippen LogP contribution in [0.2, 0.25) is 0 Å². The van der Waals surface area contributed by atoms with Crippen LogP contribution in [0.4, 0.5) is 17.1 Å². The van der Waals surface area contributed by atoms with Crippen LogP contribution in [-0.4, -0.2) is 22.8 Å². The Kier molecular flexibility index (Phi) is 5.24. The molecule has 0 spiro atoms. The number of rotatable bonds is 5. The van der Waals surface area contributed by atoms with E-state index in [-0.39, 0.29) is 22.0 Å². The number of hydrogen-bond donors (Lipinski definition) is 2. The second-order valence-corrected chi connectivity index (χ2v) is 7.95. The van der Waals surface area contributed by atoms with Crippen molar-refractivity contribution in [2.24, 2.45) is 10.2 Å². The number of aromatic amines is 1. The van der Waals surface area contributed by atoms with Gasteiger partial charge in [0.15, 0.2) is 5.69 Å². The molecule has 0 aliphatic rings. The largest absolute Gasteiger partial charge is 0.299 e. The first kappa shape index (κ1) is 20.3. The van der Waals surface area contributed by atoms with Crippen molar-refractivity contribution in [1.82, 2.24) is 15.5 Å². The molecular formula is C21H15N5O4S. The van der Waals surface area contributed by atoms with Crippen LogP contribution in [0.1, 0.15) is 0 Å². The summed E-state index contributed by atoms with van der Waals surface area (Å²) in [5.74, 6) is 0. The maximum Gasteiger partial charge on any atom is 0.299 e. The number of aromatic nitrogens is 2. The predicted molar refractivity (Wildman–Crippen MR) is 114 cm³/mol. The molecule has 0 amide bonds. The predicted octanol–water partition coefficient (Wildman–Crippen LogP) is 4.19. The molecule has 9 nitrogen and oxygen atoms in total. The average Bonchev–Trinajstić information content (AvgIpc) is 3.09. The molecule has 4 aromatic rings. The standard InChI is InChI=1S/C21H15N5O4S/c22-15-8-6-14(7-9-15)19-20(21(27)26(25-19)17-4-2-1-3-5-17)24-23-16-10-12-18(13-11-16)31(28,29)30/h1-13,25H,(H,28,29,30). The van der Waals surface area contributed by atoms with E-state index in [2.05, 4.69) is 15.3 Å². The summed E-state index contributed by atoms with van der Waals surface area (Å²) in [5.41, 5.74) is 11.1. The normalized spacial score (nSPS) is 11.8. The summed E-state index contributed by atoms with van der Waals surface area (Å²) >= 11 is 0. The molecule has 10 heteroatoms. The van der Waals surface area contributed by atoms with E-state index in [1.165, 1.54) is 41.1 Å². The third kappa shape index (κ3) is 4.29. The minimum atomic E-state index is -4.32. The third-order valence-corrected chi connectivity index (χ3v) is 5.30. The number of benzene rings is 3. The molecule has 31 heavy (non-hydrogen) atoms. The Morgan fingerprint density at radius 3 is 2.13 bits per heavy atom. The van der Waals surface area contributed by atoms with Crippen molar-refractivity contribution in [3.05, 3.63) is 89.2 Å². The molecule has 2 N–H and O–H groups in total. The Balaban J connectivity index is 1.80. The summed E-state index contributed by atoms with van der Waals surface area (Å²) in [6.45, 7) is 0. The Bertz CT molecular complexity index is 1410. The summed E-state index contributed by atoms with van der Waals surface area (Å²) in [4.78, 5) is 12.8. The molecule has 0 aliphatic carbocycles. The summed E-state index contributed by atoms with van der Waals surface area (Å²) in [7, 11) is -4.32. The monoisotopic (exact) mass is 433 g/mol. The summed E-state index contributed by atoms with van der Waals surface area (Å²) < 4.78 is 32.7. The summed E-state index contributed by atoms with van der Waals surface area (Å²) in [6, 6.07) is 20.3. The van der Waals surface area contributed by atoms with Gasteiger partial charge in [-0.15, -0.1) is 5.11 Å². The van der Waals surface area contributed by atoms with Gasteiger partial charge in [0, 0.05) is 5.56 Å². The second-order valence-electron chi connectivity index (χ2n) is 6.53. The van der Waals surface area contributed by atoms with Gasteiger partial charge in [-0.1, -0.05) is 30.3 Å². The zero-order chi connectivity index (χ0) is 22.0. The van der Waals surface area contributed by atoms with E-state index in [0.29, 0.717) is 16.9 Å². The number of nitrogens with one attached hydrogen (secondary N) is 1. The Morgan fingerprint density at radius 1 is 0.871 bits per heavy atom. The van der Waals surface area contributed by atoms with Crippen LogP contribution in [0.5, 0.6) is 0 Å². The van der Waals surface area contributed by atoms with Gasteiger partial charge in [-0.05, 0) is 48.5 Å². The van der Waals surface area contributed by atoms with E-state index in [4.69, 9.17) is 4.55 Å². The summed E-state index contributed by atoms with van der Waals surface area (Å²) in [6.07, 6.45) is 0. The van der Waals surface area contributed by atoms with Crippen LogP contribution in [0.3, 0.4) is 0 Å². The topological polar surface area (TPSA) is 139 Å². The number of nitrogens with zero attached hydrogens (tertiary/aromatic N) is 4. The molecule has 3 aromatic carbocycles. The lowest BCUT2D eigenvalue weighted by Crippen LogP contribution is -2.13. The lowest BCUT2D eigenvalue weighted by atomic mass is 10.1. The molecule has 0 atom stereocenters. The molecule has 0 saturated heterocycles. The fourth-order valence-corrected chi connectivity index (χ4v) is 3.38. The smallest absolute Gasteiger partial charge is 0.288 e. The highest BCUT2D eigenvalue weighted by molar-refractivity contribution is 7.85. The molecule has 1 heterocycles. The number of para-hydroxylation sites is 1. The van der Waals surface area contributed by atoms with Crippen LogP contribution in [0.15, 0.2) is 98.8 Å². The average molecular weight is 433 g/mol. The van der Waals surface area contributed by atoms with Gasteiger partial charge >= 0.3 is 0 Å². The van der Waals surface area contributed by atoms with Gasteiger partial charge < -0.3 is 0 Å². The van der Waals surface area contributed by atoms with Gasteiger partial charge in [0.05, 0.1) is 27.7 Å². The van der Waals surface area contributed by atoms with Crippen molar-refractivity contribution in [1.29, 1.82) is 0 Å². The summed E-state index contributed by atoms with van der Waals surface area (Å²) in [5, 5.41) is 11.2. The van der Waals surface area contributed by atoms with Gasteiger partial charge in [-0.25, -0.2) is 4.68 Å². The zero-order valence-corrected chi connectivity index (χ0v) is 16.7. The number of azo groups is 1. The van der Waals surface area contributed by atoms with E-state index in [1.54, 1.807) is 36.4 Å². The van der Waals surface area contributed by atoms with Crippen molar-refractivity contribution in [3.8, 4) is 16.9 Å². The Labute approximate surface area is 177 Å². The highest BCUT2D eigenvalue weighted by Gasteiger charge is 2.17. The fourth-order valence-electron chi connectivity index (χ4n) is 2.90. The van der Waals surface area contributed by atoms with Gasteiger partial charge in [-0.2, -0.15) is 19.3 Å². The van der Waals surface area contributed by atoms with Gasteiger partial charge in [0.25, 0.3) is 15.7 Å². The maximum absolute atomic E-state index is 13.1. The van der Waals surface area contributed by atoms with E-state index < -0.39 is 15.7 Å². The van der Waals surface area contributed by atoms with Crippen LogP contribution < -0.4 is 11.3 Å². The highest BCUT2D eigenvalue weighted by atomic mass is 32.2. The van der Waals surface area contributed by atoms with Crippen LogP contribution >= 0.6 is 0 Å². The van der Waals surface area contributed by atoms with Crippen molar-refractivity contribution in [3.63, 3.8) is 0 Å². The molecule has 154 valence electrons. The molecule has 0 unspecified atom stereocenters. The SMILES string of the molecule is [N]c1ccc(-c2[nH]n(-c3ccccc3)c(=O)c2N=Nc2ccc(S(=O)(=O)O)cc2)cc1. The minimum absolute atomic E-state index is 0.0356. The second kappa shape index (κ2) is 8.01. The van der Waals surface area contributed by atoms with E-state index in [1.807, 2.05) is 6.07 Å². The van der Waals surface area contributed by atoms with Crippen LogP contribution in [0.25, 0.3) is 16.9 Å². The van der Waals surface area contributed by atoms with Gasteiger partial charge in [0.2, 0.25) is 0 Å². The fraction of sp³-hybridized carbons (Fsp3) is 0. The minimum Gasteiger partial charge on any atom is -0.288 e. The molecule has 2 radical (unpaired) electrons. The van der Waals surface area contributed by atoms with Gasteiger partial charge in [-0.3, -0.25) is 14.4 Å². The lowest BCUT2D eigenvalue weighted by Gasteiger charge is -2.01. The van der Waals surface area contributed by atoms with Crippen LogP contribution in [0, 0.1) is 0 Å². The molecule has 1 aromatic heterocycles. The molecular weight excluding hydrogens is 418 g/mol. The number of H-pyrrole nitrogens is 1. The molecule has 0 bridgehead atoms. The van der Waals surface area contributed by atoms with Crippen molar-refractivity contribution in [2.75, 3.05) is 0 Å². The van der Waals surface area contributed by atoms with E-state index in [0.717, 1.165) is 0 Å². The molecule has 0 aliphatic heterocycles. The lowest BCUT2D eigenvalue weighted by molar-refractivity contribution is 0.483. The van der Waals surface area contributed by atoms with E-state index in [9.17, 15) is 18.9 Å². The van der Waals surface area contributed by atoms with Gasteiger partial charge in [0.1, 0.15) is 0 Å². The zero-order valence-electron chi connectivity index (χ0n) is 15.9. The quantitative estimate of drug-likeness (QED) is 0.360. The van der Waals surface area contributed by atoms with Crippen molar-refractivity contribution in [2.45, 2.75) is 4.90 Å². The first-order chi connectivity index (χ1) is 14.8. The Morgan fingerprint density at radius 2 is 1.52 bits per heavy atom. The first-order valence-corrected chi connectivity index (χ1v) is 10.5. The first-order valence-electron chi connectivity index (χ1n) is 9.02. The molecule has 0 saturated carbocycles. The van der Waals surface area contributed by atoms with Crippen molar-refractivity contribution >= 4 is 27.2 Å². The molecule has 4 rings (SSSR count). The van der Waals surface area contributed by atoms with Crippen molar-refractivity contribution < 1.29 is 13.0 Å². The van der Waals surface area contributed by atoms with Crippen LogP contribution in [-0.2, 0) is 10.1 Å². The maximum atomic E-state index is 13.1. The number of hydrogen-bond acceptors (Lipinski definition) is 5. The molecule has 0 fully saturated rings. The highest BCUT2D eigenvalue weighted by Crippen LogP contribution is 2.29. The Hall–Kier alpha value is -4.02. The van der Waals surface area contributed by atoms with E-state index >= 15 is 0 Å². The third-order valence-electron chi connectivity index (χ3n) is 4.44.